The van der Waals surface area contributed by atoms with Crippen LogP contribution in [-0.4, -0.2) is 80.7 Å². The Kier molecular flexibility index (Phi) is 8.42. The lowest BCUT2D eigenvalue weighted by atomic mass is 10.2. The molecule has 0 bridgehead atoms. The van der Waals surface area contributed by atoms with Crippen molar-refractivity contribution in [1.29, 1.82) is 0 Å². The molecule has 1 aliphatic rings. The Morgan fingerprint density at radius 1 is 1.05 bits per heavy atom. The number of hydrogen-bond donors (Lipinski definition) is 0. The molecule has 2 aromatic carbocycles. The van der Waals surface area contributed by atoms with Gasteiger partial charge in [-0.05, 0) is 49.7 Å². The predicted octanol–water partition coefficient (Wildman–Crippen LogP) is 2.86. The largest absolute Gasteiger partial charge is 0.450 e. The maximum absolute atomic E-state index is 13.1. The van der Waals surface area contributed by atoms with Crippen LogP contribution in [0.5, 0.6) is 0 Å². The first-order chi connectivity index (χ1) is 17.8. The number of thiazole rings is 1. The Morgan fingerprint density at radius 2 is 1.76 bits per heavy atom. The summed E-state index contributed by atoms with van der Waals surface area (Å²) in [5.74, 6) is -0.456. The van der Waals surface area contributed by atoms with Crippen LogP contribution in [0.3, 0.4) is 0 Å². The number of benzene rings is 2. The molecule has 0 saturated carbocycles. The van der Waals surface area contributed by atoms with Crippen molar-refractivity contribution in [3.8, 4) is 0 Å². The van der Waals surface area contributed by atoms with E-state index >= 15 is 0 Å². The van der Waals surface area contributed by atoms with Crippen LogP contribution in [0.1, 0.15) is 22.8 Å². The zero-order valence-corrected chi connectivity index (χ0v) is 22.7. The highest BCUT2D eigenvalue weighted by Gasteiger charge is 2.30. The second-order valence-electron chi connectivity index (χ2n) is 8.48. The summed E-state index contributed by atoms with van der Waals surface area (Å²) in [6.07, 6.45) is -0.441. The molecule has 1 aliphatic heterocycles. The van der Waals surface area contributed by atoms with Crippen molar-refractivity contribution in [2.75, 3.05) is 46.5 Å². The lowest BCUT2D eigenvalue weighted by molar-refractivity contribution is 0.0933. The normalized spacial score (nSPS) is 15.3. The highest BCUT2D eigenvalue weighted by molar-refractivity contribution is 7.89. The van der Waals surface area contributed by atoms with E-state index in [1.807, 2.05) is 29.7 Å². The zero-order valence-electron chi connectivity index (χ0n) is 21.0. The van der Waals surface area contributed by atoms with Gasteiger partial charge in [-0.2, -0.15) is 9.30 Å². The van der Waals surface area contributed by atoms with Crippen molar-refractivity contribution in [1.82, 2.24) is 13.8 Å². The van der Waals surface area contributed by atoms with Gasteiger partial charge in [0.1, 0.15) is 0 Å². The van der Waals surface area contributed by atoms with Gasteiger partial charge in [0.25, 0.3) is 5.91 Å². The molecule has 0 unspecified atom stereocenters. The molecule has 0 aliphatic carbocycles. The van der Waals surface area contributed by atoms with E-state index in [-0.39, 0.29) is 37.7 Å². The molecular formula is C25H30N4O6S2. The van der Waals surface area contributed by atoms with Gasteiger partial charge < -0.3 is 18.9 Å². The van der Waals surface area contributed by atoms with Crippen LogP contribution in [-0.2, 0) is 26.0 Å². The maximum atomic E-state index is 13.1. The number of carbonyl (C=O) groups excluding carboxylic acids is 2. The van der Waals surface area contributed by atoms with Gasteiger partial charge in [0.05, 0.1) is 28.3 Å². The molecule has 12 heteroatoms. The Balaban J connectivity index is 1.54. The molecule has 37 heavy (non-hydrogen) atoms. The Morgan fingerprint density at radius 3 is 2.41 bits per heavy atom. The molecule has 0 spiro atoms. The molecule has 0 radical (unpaired) electrons. The van der Waals surface area contributed by atoms with Crippen molar-refractivity contribution < 1.29 is 27.5 Å². The number of fused-ring (bicyclic) bond motifs is 1. The number of hydrogen-bond acceptors (Lipinski definition) is 7. The minimum atomic E-state index is -3.77. The van der Waals surface area contributed by atoms with Crippen LogP contribution < -0.4 is 4.80 Å². The van der Waals surface area contributed by atoms with Crippen LogP contribution in [0.25, 0.3) is 10.2 Å². The van der Waals surface area contributed by atoms with E-state index in [0.717, 1.165) is 15.8 Å². The summed E-state index contributed by atoms with van der Waals surface area (Å²) in [7, 11) is -2.14. The first-order valence-corrected chi connectivity index (χ1v) is 14.2. The van der Waals surface area contributed by atoms with E-state index in [4.69, 9.17) is 9.47 Å². The minimum Gasteiger partial charge on any atom is -0.450 e. The van der Waals surface area contributed by atoms with E-state index in [2.05, 4.69) is 4.99 Å². The van der Waals surface area contributed by atoms with E-state index in [1.54, 1.807) is 14.0 Å². The predicted molar refractivity (Wildman–Crippen MR) is 140 cm³/mol. The average Bonchev–Trinajstić information content (AvgIpc) is 3.25. The van der Waals surface area contributed by atoms with Crippen LogP contribution in [0.4, 0.5) is 4.79 Å². The van der Waals surface area contributed by atoms with Gasteiger partial charge in [0.15, 0.2) is 4.80 Å². The lowest BCUT2D eigenvalue weighted by Crippen LogP contribution is -2.50. The second kappa shape index (κ2) is 11.5. The van der Waals surface area contributed by atoms with E-state index in [9.17, 15) is 18.0 Å². The fraction of sp³-hybridized carbons (Fsp3) is 0.400. The van der Waals surface area contributed by atoms with Gasteiger partial charge >= 0.3 is 6.09 Å². The van der Waals surface area contributed by atoms with E-state index in [0.29, 0.717) is 23.5 Å². The molecule has 0 N–H and O–H groups in total. The average molecular weight is 547 g/mol. The van der Waals surface area contributed by atoms with Crippen LogP contribution in [0, 0.1) is 6.92 Å². The molecule has 1 fully saturated rings. The summed E-state index contributed by atoms with van der Waals surface area (Å²) in [5, 5.41) is 0. The number of rotatable bonds is 7. The van der Waals surface area contributed by atoms with Crippen LogP contribution in [0.15, 0.2) is 52.4 Å². The molecule has 3 aromatic rings. The molecule has 2 heterocycles. The van der Waals surface area contributed by atoms with Crippen LogP contribution >= 0.6 is 11.3 Å². The molecule has 10 nitrogen and oxygen atoms in total. The minimum absolute atomic E-state index is 0.0845. The number of aromatic nitrogens is 1. The number of piperazine rings is 1. The SMILES string of the molecule is CCOC(=O)N1CCN(S(=O)(=O)c2ccc(C(=O)N=c3sc4cccc(C)c4n3CCOC)cc2)CC1. The summed E-state index contributed by atoms with van der Waals surface area (Å²) in [6, 6.07) is 11.8. The summed E-state index contributed by atoms with van der Waals surface area (Å²) in [6.45, 7) is 5.88. The number of nitrogens with zero attached hydrogens (tertiary/aromatic N) is 4. The van der Waals surface area contributed by atoms with Crippen molar-refractivity contribution in [2.24, 2.45) is 4.99 Å². The number of sulfonamides is 1. The number of amides is 2. The number of methoxy groups -OCH3 is 1. The molecule has 1 aromatic heterocycles. The molecule has 4 rings (SSSR count). The molecular weight excluding hydrogens is 516 g/mol. The molecule has 198 valence electrons. The second-order valence-corrected chi connectivity index (χ2v) is 11.4. The van der Waals surface area contributed by atoms with Crippen molar-refractivity contribution in [2.45, 2.75) is 25.3 Å². The zero-order chi connectivity index (χ0) is 26.6. The Hall–Kier alpha value is -3.06. The molecule has 2 amide bonds. The first kappa shape index (κ1) is 27.0. The number of aryl methyl sites for hydroxylation is 1. The fourth-order valence-corrected chi connectivity index (χ4v) is 6.73. The maximum Gasteiger partial charge on any atom is 0.409 e. The van der Waals surface area contributed by atoms with Gasteiger partial charge in [-0.15, -0.1) is 0 Å². The van der Waals surface area contributed by atoms with E-state index in [1.165, 1.54) is 44.8 Å². The standard InChI is InChI=1S/C25H30N4O6S2/c1-4-35-25(31)27-12-14-28(15-13-27)37(32,33)20-10-8-19(9-11-20)23(30)26-24-29(16-17-34-3)22-18(2)6-5-7-21(22)36-24/h5-11H,4,12-17H2,1-3H3. The van der Waals surface area contributed by atoms with Crippen LogP contribution in [0.2, 0.25) is 0 Å². The third-order valence-corrected chi connectivity index (χ3v) is 9.08. The summed E-state index contributed by atoms with van der Waals surface area (Å²) in [5.41, 5.74) is 2.38. The van der Waals surface area contributed by atoms with Gasteiger partial charge in [-0.3, -0.25) is 4.79 Å². The lowest BCUT2D eigenvalue weighted by Gasteiger charge is -2.33. The third-order valence-electron chi connectivity index (χ3n) is 6.12. The van der Waals surface area contributed by atoms with Gasteiger partial charge in [-0.25, -0.2) is 13.2 Å². The topological polar surface area (TPSA) is 111 Å². The highest BCUT2D eigenvalue weighted by Crippen LogP contribution is 2.22. The first-order valence-electron chi connectivity index (χ1n) is 11.9. The summed E-state index contributed by atoms with van der Waals surface area (Å²) < 4.78 is 40.8. The fourth-order valence-electron chi connectivity index (χ4n) is 4.18. The number of carbonyl (C=O) groups is 2. The van der Waals surface area contributed by atoms with E-state index < -0.39 is 22.0 Å². The molecule has 0 atom stereocenters. The summed E-state index contributed by atoms with van der Waals surface area (Å²) in [4.78, 5) is 31.4. The monoisotopic (exact) mass is 546 g/mol. The third kappa shape index (κ3) is 5.77. The van der Waals surface area contributed by atoms with Crippen molar-refractivity contribution >= 4 is 43.6 Å². The van der Waals surface area contributed by atoms with Gasteiger partial charge in [0.2, 0.25) is 10.0 Å². The highest BCUT2D eigenvalue weighted by atomic mass is 32.2. The quantitative estimate of drug-likeness (QED) is 0.451. The van der Waals surface area contributed by atoms with Gasteiger partial charge in [0, 0.05) is 45.4 Å². The Bertz CT molecular complexity index is 1450. The summed E-state index contributed by atoms with van der Waals surface area (Å²) >= 11 is 1.42. The van der Waals surface area contributed by atoms with Crippen molar-refractivity contribution in [3.63, 3.8) is 0 Å². The van der Waals surface area contributed by atoms with Gasteiger partial charge in [-0.1, -0.05) is 23.5 Å². The smallest absolute Gasteiger partial charge is 0.409 e. The number of para-hydroxylation sites is 1. The number of ether oxygens (including phenoxy) is 2. The Labute approximate surface area is 219 Å². The van der Waals surface area contributed by atoms with Crippen molar-refractivity contribution in [3.05, 3.63) is 58.4 Å². The molecule has 1 saturated heterocycles.